The van der Waals surface area contributed by atoms with Gasteiger partial charge in [-0.25, -0.2) is 4.79 Å². The van der Waals surface area contributed by atoms with E-state index >= 15 is 0 Å². The highest BCUT2D eigenvalue weighted by atomic mass is 35.5. The Kier molecular flexibility index (Phi) is 3.22. The van der Waals surface area contributed by atoms with Crippen LogP contribution in [0.3, 0.4) is 0 Å². The average molecular weight is 254 g/mol. The van der Waals surface area contributed by atoms with Crippen molar-refractivity contribution < 1.29 is 9.90 Å². The molecule has 1 heterocycles. The molecule has 0 aliphatic carbocycles. The second-order valence-corrected chi connectivity index (χ2v) is 4.58. The van der Waals surface area contributed by atoms with Crippen LogP contribution in [0.15, 0.2) is 46.5 Å². The van der Waals surface area contributed by atoms with E-state index in [1.54, 1.807) is 12.1 Å². The normalized spacial score (nSPS) is 10.3. The largest absolute Gasteiger partial charge is 0.478 e. The summed E-state index contributed by atoms with van der Waals surface area (Å²) in [5.41, 5.74) is 0.245. The summed E-state index contributed by atoms with van der Waals surface area (Å²) >= 11 is 7.39. The van der Waals surface area contributed by atoms with Gasteiger partial charge in [0, 0.05) is 11.1 Å². The van der Waals surface area contributed by atoms with Gasteiger partial charge in [0.15, 0.2) is 0 Å². The van der Waals surface area contributed by atoms with Crippen LogP contribution in [0.5, 0.6) is 0 Å². The number of carbonyl (C=O) groups is 1. The van der Waals surface area contributed by atoms with Crippen LogP contribution in [-0.4, -0.2) is 16.1 Å². The summed E-state index contributed by atoms with van der Waals surface area (Å²) in [4.78, 5) is 14.5. The summed E-state index contributed by atoms with van der Waals surface area (Å²) in [5, 5.41) is 10.2. The highest BCUT2D eigenvalue weighted by Crippen LogP contribution is 2.32. The van der Waals surface area contributed by atoms with Crippen LogP contribution in [0.2, 0.25) is 5.02 Å². The molecule has 0 spiro atoms. The number of halogens is 1. The molecule has 0 bridgehead atoms. The number of hydrogen-bond donors (Lipinski definition) is 2. The number of rotatable bonds is 3. The third-order valence-electron chi connectivity index (χ3n) is 1.96. The van der Waals surface area contributed by atoms with E-state index < -0.39 is 5.97 Å². The summed E-state index contributed by atoms with van der Waals surface area (Å²) in [6.07, 6.45) is 1.46. The Morgan fingerprint density at radius 2 is 2.12 bits per heavy atom. The molecule has 1 aromatic heterocycles. The molecule has 82 valence electrons. The van der Waals surface area contributed by atoms with Gasteiger partial charge in [0.05, 0.1) is 15.6 Å². The summed E-state index contributed by atoms with van der Waals surface area (Å²) in [5.74, 6) is -0.942. The number of aromatic amines is 1. The first kappa shape index (κ1) is 11.1. The molecule has 2 N–H and O–H groups in total. The first-order valence-corrected chi connectivity index (χ1v) is 5.70. The SMILES string of the molecule is O=C(O)c1c[nH]c(Sc2ccccc2Cl)c1. The number of aromatic nitrogens is 1. The smallest absolute Gasteiger partial charge is 0.337 e. The third-order valence-corrected chi connectivity index (χ3v) is 3.43. The van der Waals surface area contributed by atoms with Crippen LogP contribution in [0.4, 0.5) is 0 Å². The lowest BCUT2D eigenvalue weighted by molar-refractivity contribution is 0.0697. The van der Waals surface area contributed by atoms with Crippen molar-refractivity contribution in [3.63, 3.8) is 0 Å². The maximum atomic E-state index is 10.7. The number of H-pyrrole nitrogens is 1. The lowest BCUT2D eigenvalue weighted by Crippen LogP contribution is -1.91. The van der Waals surface area contributed by atoms with Crippen LogP contribution < -0.4 is 0 Å². The molecule has 0 aliphatic heterocycles. The molecule has 0 radical (unpaired) electrons. The Bertz CT molecular complexity index is 524. The zero-order valence-electron chi connectivity index (χ0n) is 8.11. The van der Waals surface area contributed by atoms with Gasteiger partial charge >= 0.3 is 5.97 Å². The Morgan fingerprint density at radius 3 is 2.75 bits per heavy atom. The van der Waals surface area contributed by atoms with Gasteiger partial charge in [-0.05, 0) is 18.2 Å². The zero-order valence-corrected chi connectivity index (χ0v) is 9.68. The van der Waals surface area contributed by atoms with Crippen LogP contribution in [0, 0.1) is 0 Å². The summed E-state index contributed by atoms with van der Waals surface area (Å²) in [6.45, 7) is 0. The molecular weight excluding hydrogens is 246 g/mol. The average Bonchev–Trinajstić information content (AvgIpc) is 2.70. The van der Waals surface area contributed by atoms with E-state index in [0.29, 0.717) is 5.02 Å². The number of nitrogens with one attached hydrogen (secondary N) is 1. The minimum Gasteiger partial charge on any atom is -0.478 e. The highest BCUT2D eigenvalue weighted by Gasteiger charge is 2.08. The van der Waals surface area contributed by atoms with E-state index in [1.807, 2.05) is 18.2 Å². The summed E-state index contributed by atoms with van der Waals surface area (Å²) < 4.78 is 0. The molecule has 0 fully saturated rings. The first-order chi connectivity index (χ1) is 7.66. The van der Waals surface area contributed by atoms with Crippen molar-refractivity contribution in [2.45, 2.75) is 9.92 Å². The van der Waals surface area contributed by atoms with Crippen molar-refractivity contribution in [3.8, 4) is 0 Å². The van der Waals surface area contributed by atoms with Crippen LogP contribution in [0.1, 0.15) is 10.4 Å². The maximum absolute atomic E-state index is 10.7. The van der Waals surface area contributed by atoms with Crippen molar-refractivity contribution in [1.29, 1.82) is 0 Å². The summed E-state index contributed by atoms with van der Waals surface area (Å²) in [7, 11) is 0. The quantitative estimate of drug-likeness (QED) is 0.880. The van der Waals surface area contributed by atoms with E-state index in [1.165, 1.54) is 18.0 Å². The second-order valence-electron chi connectivity index (χ2n) is 3.09. The standard InChI is InChI=1S/C11H8ClNO2S/c12-8-3-1-2-4-9(8)16-10-5-7(6-13-10)11(14)15/h1-6,13H,(H,14,15). The maximum Gasteiger partial charge on any atom is 0.337 e. The van der Waals surface area contributed by atoms with Crippen molar-refractivity contribution in [1.82, 2.24) is 4.98 Å². The Labute approximate surface area is 101 Å². The first-order valence-electron chi connectivity index (χ1n) is 4.51. The van der Waals surface area contributed by atoms with Gasteiger partial charge in [-0.1, -0.05) is 35.5 Å². The van der Waals surface area contributed by atoms with E-state index in [9.17, 15) is 4.79 Å². The number of hydrogen-bond acceptors (Lipinski definition) is 2. The van der Waals surface area contributed by atoms with E-state index in [2.05, 4.69) is 4.98 Å². The van der Waals surface area contributed by atoms with E-state index in [-0.39, 0.29) is 5.56 Å². The van der Waals surface area contributed by atoms with E-state index in [4.69, 9.17) is 16.7 Å². The highest BCUT2D eigenvalue weighted by molar-refractivity contribution is 7.99. The molecule has 0 unspecified atom stereocenters. The minimum absolute atomic E-state index is 0.245. The van der Waals surface area contributed by atoms with Gasteiger partial charge in [-0.2, -0.15) is 0 Å². The van der Waals surface area contributed by atoms with Gasteiger partial charge in [-0.15, -0.1) is 0 Å². The number of carboxylic acid groups (broad SMARTS) is 1. The van der Waals surface area contributed by atoms with Crippen molar-refractivity contribution >= 4 is 29.3 Å². The molecule has 2 rings (SSSR count). The fraction of sp³-hybridized carbons (Fsp3) is 0. The van der Waals surface area contributed by atoms with Crippen LogP contribution in [-0.2, 0) is 0 Å². The van der Waals surface area contributed by atoms with Crippen LogP contribution in [0.25, 0.3) is 0 Å². The fourth-order valence-corrected chi connectivity index (χ4v) is 2.31. The third kappa shape index (κ3) is 2.40. The predicted octanol–water partition coefficient (Wildman–Crippen LogP) is 3.52. The molecular formula is C11H8ClNO2S. The van der Waals surface area contributed by atoms with Gasteiger partial charge in [0.1, 0.15) is 0 Å². The molecule has 0 saturated carbocycles. The Hall–Kier alpha value is -1.39. The molecule has 0 atom stereocenters. The second kappa shape index (κ2) is 4.63. The number of carboxylic acids is 1. The Balaban J connectivity index is 2.21. The fourth-order valence-electron chi connectivity index (χ4n) is 1.20. The molecule has 0 amide bonds. The predicted molar refractivity (Wildman–Crippen MR) is 63.3 cm³/mol. The zero-order chi connectivity index (χ0) is 11.5. The van der Waals surface area contributed by atoms with Crippen LogP contribution >= 0.6 is 23.4 Å². The molecule has 3 nitrogen and oxygen atoms in total. The van der Waals surface area contributed by atoms with Gasteiger partial charge < -0.3 is 10.1 Å². The van der Waals surface area contributed by atoms with E-state index in [0.717, 1.165) is 9.92 Å². The molecule has 5 heteroatoms. The minimum atomic E-state index is -0.942. The van der Waals surface area contributed by atoms with Crippen molar-refractivity contribution in [2.24, 2.45) is 0 Å². The molecule has 1 aromatic carbocycles. The molecule has 16 heavy (non-hydrogen) atoms. The molecule has 0 aliphatic rings. The van der Waals surface area contributed by atoms with Gasteiger partial charge in [0.2, 0.25) is 0 Å². The molecule has 0 saturated heterocycles. The Morgan fingerprint density at radius 1 is 1.38 bits per heavy atom. The van der Waals surface area contributed by atoms with Gasteiger partial charge in [-0.3, -0.25) is 0 Å². The lowest BCUT2D eigenvalue weighted by Gasteiger charge is -2.00. The monoisotopic (exact) mass is 253 g/mol. The van der Waals surface area contributed by atoms with Gasteiger partial charge in [0.25, 0.3) is 0 Å². The summed E-state index contributed by atoms with van der Waals surface area (Å²) in [6, 6.07) is 8.99. The van der Waals surface area contributed by atoms with Crippen molar-refractivity contribution in [2.75, 3.05) is 0 Å². The molecule has 2 aromatic rings. The number of benzene rings is 1. The number of aromatic carboxylic acids is 1. The van der Waals surface area contributed by atoms with Crippen molar-refractivity contribution in [3.05, 3.63) is 47.1 Å². The lowest BCUT2D eigenvalue weighted by atomic mass is 10.4. The topological polar surface area (TPSA) is 53.1 Å².